The zero-order valence-electron chi connectivity index (χ0n) is 25.1. The van der Waals surface area contributed by atoms with Gasteiger partial charge in [-0.3, -0.25) is 24.6 Å². The molecule has 1 unspecified atom stereocenters. The summed E-state index contributed by atoms with van der Waals surface area (Å²) in [5, 5.41) is 7.11. The molecule has 0 bridgehead atoms. The van der Waals surface area contributed by atoms with E-state index in [1.807, 2.05) is 12.1 Å². The van der Waals surface area contributed by atoms with Gasteiger partial charge >= 0.3 is 0 Å². The molecule has 7 rings (SSSR count). The zero-order valence-corrected chi connectivity index (χ0v) is 25.1. The molecule has 0 radical (unpaired) electrons. The van der Waals surface area contributed by atoms with Crippen molar-refractivity contribution in [3.05, 3.63) is 65.2 Å². The number of carbonyl (C=O) groups is 3. The number of benzene rings is 2. The van der Waals surface area contributed by atoms with Crippen molar-refractivity contribution in [2.24, 2.45) is 0 Å². The van der Waals surface area contributed by atoms with Gasteiger partial charge in [-0.25, -0.2) is 4.98 Å². The van der Waals surface area contributed by atoms with E-state index >= 15 is 0 Å². The summed E-state index contributed by atoms with van der Waals surface area (Å²) < 4.78 is 11.9. The maximum atomic E-state index is 13.0. The van der Waals surface area contributed by atoms with Gasteiger partial charge in [0.2, 0.25) is 11.8 Å². The molecular weight excluding hydrogens is 558 g/mol. The highest BCUT2D eigenvalue weighted by Gasteiger charge is 2.39. The van der Waals surface area contributed by atoms with Crippen LogP contribution in [0.1, 0.15) is 66.4 Å². The molecule has 1 aromatic heterocycles. The average molecular weight is 598 g/mol. The predicted octanol–water partition coefficient (Wildman–Crippen LogP) is 4.02. The van der Waals surface area contributed by atoms with Crippen molar-refractivity contribution in [3.8, 4) is 5.75 Å². The lowest BCUT2D eigenvalue weighted by molar-refractivity contribution is -0.136. The highest BCUT2D eigenvalue weighted by Crippen LogP contribution is 2.31. The predicted molar refractivity (Wildman–Crippen MR) is 165 cm³/mol. The largest absolute Gasteiger partial charge is 0.489 e. The molecule has 2 N–H and O–H groups in total. The fourth-order valence-electron chi connectivity index (χ4n) is 7.12. The lowest BCUT2D eigenvalue weighted by Crippen LogP contribution is -2.52. The number of imide groups is 1. The van der Waals surface area contributed by atoms with Crippen LogP contribution < -0.4 is 15.4 Å². The Balaban J connectivity index is 0.927. The van der Waals surface area contributed by atoms with Crippen LogP contribution in [0.5, 0.6) is 5.75 Å². The molecule has 3 fully saturated rings. The van der Waals surface area contributed by atoms with E-state index in [1.54, 1.807) is 18.1 Å². The number of fused-ring (bicyclic) bond motifs is 2. The number of hydrogen-bond donors (Lipinski definition) is 2. The normalized spacial score (nSPS) is 25.8. The third-order valence-corrected chi connectivity index (χ3v) is 9.55. The van der Waals surface area contributed by atoms with Gasteiger partial charge < -0.3 is 19.7 Å². The van der Waals surface area contributed by atoms with Gasteiger partial charge in [-0.15, -0.1) is 0 Å². The Morgan fingerprint density at radius 2 is 1.82 bits per heavy atom. The number of rotatable bonds is 8. The molecule has 2 aromatic carbocycles. The second kappa shape index (κ2) is 12.2. The summed E-state index contributed by atoms with van der Waals surface area (Å²) in [6.45, 7) is 2.96. The van der Waals surface area contributed by atoms with E-state index < -0.39 is 11.9 Å². The zero-order chi connectivity index (χ0) is 30.2. The van der Waals surface area contributed by atoms with Crippen LogP contribution >= 0.6 is 0 Å². The minimum Gasteiger partial charge on any atom is -0.489 e. The molecular formula is C34H39N5O5. The molecule has 2 atom stereocenters. The first kappa shape index (κ1) is 28.7. The van der Waals surface area contributed by atoms with Crippen LogP contribution in [-0.2, 0) is 27.4 Å². The first-order valence-corrected chi connectivity index (χ1v) is 15.8. The van der Waals surface area contributed by atoms with E-state index in [1.165, 1.54) is 5.56 Å². The van der Waals surface area contributed by atoms with E-state index in [0.717, 1.165) is 79.8 Å². The number of carbonyl (C=O) groups excluding carboxylic acids is 3. The van der Waals surface area contributed by atoms with Crippen molar-refractivity contribution >= 4 is 34.4 Å². The Bertz CT molecular complexity index is 1590. The molecule has 230 valence electrons. The van der Waals surface area contributed by atoms with E-state index in [2.05, 4.69) is 45.9 Å². The van der Waals surface area contributed by atoms with Crippen molar-refractivity contribution in [2.45, 2.75) is 82.3 Å². The second-order valence-electron chi connectivity index (χ2n) is 12.6. The first-order chi connectivity index (χ1) is 21.4. The number of anilines is 1. The van der Waals surface area contributed by atoms with E-state index in [4.69, 9.17) is 14.5 Å². The number of piperidine rings is 1. The van der Waals surface area contributed by atoms with Crippen LogP contribution in [0.25, 0.3) is 10.9 Å². The smallest absolute Gasteiger partial charge is 0.255 e. The first-order valence-electron chi connectivity index (χ1n) is 15.8. The van der Waals surface area contributed by atoms with E-state index in [0.29, 0.717) is 30.7 Å². The van der Waals surface area contributed by atoms with Crippen molar-refractivity contribution in [3.63, 3.8) is 0 Å². The van der Waals surface area contributed by atoms with Crippen LogP contribution in [0.15, 0.2) is 48.5 Å². The number of nitrogens with zero attached hydrogens (tertiary/aromatic N) is 3. The van der Waals surface area contributed by atoms with Gasteiger partial charge in [0.25, 0.3) is 5.91 Å². The van der Waals surface area contributed by atoms with Gasteiger partial charge in [-0.1, -0.05) is 6.07 Å². The Morgan fingerprint density at radius 3 is 2.64 bits per heavy atom. The maximum Gasteiger partial charge on any atom is 0.255 e. The highest BCUT2D eigenvalue weighted by molar-refractivity contribution is 6.05. The topological polar surface area (TPSA) is 113 Å². The summed E-state index contributed by atoms with van der Waals surface area (Å²) in [6, 6.07) is 16.2. The fourth-order valence-corrected chi connectivity index (χ4v) is 7.12. The van der Waals surface area contributed by atoms with Crippen LogP contribution in [0, 0.1) is 0 Å². The lowest BCUT2D eigenvalue weighted by Gasteiger charge is -2.29. The number of nitrogens with one attached hydrogen (secondary N) is 2. The third kappa shape index (κ3) is 6.01. The number of ether oxygens (including phenoxy) is 2. The summed E-state index contributed by atoms with van der Waals surface area (Å²) in [5.74, 6) is 0.820. The minimum absolute atomic E-state index is 0.0612. The molecule has 1 saturated carbocycles. The molecule has 4 heterocycles. The standard InChI is InChI=1S/C34H39N5O5/c1-43-25-6-4-24(5-7-25)35-31-12-3-22-16-21(2-10-29(22)36-31)18-38-15-14-27(20-38)44-26-8-9-28-23(17-26)19-39(34(28)42)30-11-13-32(40)37-33(30)41/h2-3,8-10,12,16-17,24-25,27,30H,4-7,11,13-15,18-20H2,1H3,(H,35,36)(H,37,40,41)/t24-,25-,27-,30?/m0/s1. The molecule has 4 aliphatic rings. The summed E-state index contributed by atoms with van der Waals surface area (Å²) in [7, 11) is 1.80. The van der Waals surface area contributed by atoms with Gasteiger partial charge in [-0.05, 0) is 92.1 Å². The SMILES string of the molecule is CO[C@H]1CC[C@H](Nc2ccc3cc(CN4CC[C@H](Oc5ccc6c(c5)CN(C5CCC(=O)NC5=O)C6=O)C4)ccc3n2)CC1. The highest BCUT2D eigenvalue weighted by atomic mass is 16.5. The van der Waals surface area contributed by atoms with Crippen LogP contribution in [0.4, 0.5) is 5.82 Å². The van der Waals surface area contributed by atoms with Crippen LogP contribution in [0.2, 0.25) is 0 Å². The summed E-state index contributed by atoms with van der Waals surface area (Å²) in [5.41, 5.74) is 3.70. The molecule has 10 nitrogen and oxygen atoms in total. The monoisotopic (exact) mass is 597 g/mol. The van der Waals surface area contributed by atoms with Crippen LogP contribution in [-0.4, -0.2) is 77.0 Å². The van der Waals surface area contributed by atoms with Crippen LogP contribution in [0.3, 0.4) is 0 Å². The fraction of sp³-hybridized carbons (Fsp3) is 0.471. The quantitative estimate of drug-likeness (QED) is 0.375. The number of likely N-dealkylation sites (tertiary alicyclic amines) is 1. The van der Waals surface area contributed by atoms with Gasteiger partial charge in [0.05, 0.1) is 11.6 Å². The molecule has 3 aromatic rings. The van der Waals surface area contributed by atoms with Gasteiger partial charge in [-0.2, -0.15) is 0 Å². The Hall–Kier alpha value is -4.02. The number of methoxy groups -OCH3 is 1. The molecule has 0 spiro atoms. The maximum absolute atomic E-state index is 13.0. The Labute approximate surface area is 257 Å². The van der Waals surface area contributed by atoms with E-state index in [9.17, 15) is 14.4 Å². The van der Waals surface area contributed by atoms with Gasteiger partial charge in [0.15, 0.2) is 0 Å². The van der Waals surface area contributed by atoms with Gasteiger partial charge in [0.1, 0.15) is 23.7 Å². The number of hydrogen-bond acceptors (Lipinski definition) is 8. The molecule has 3 amide bonds. The third-order valence-electron chi connectivity index (χ3n) is 9.55. The lowest BCUT2D eigenvalue weighted by atomic mass is 9.93. The molecule has 3 aliphatic heterocycles. The molecule has 2 saturated heterocycles. The van der Waals surface area contributed by atoms with Crippen molar-refractivity contribution < 1.29 is 23.9 Å². The van der Waals surface area contributed by atoms with Crippen molar-refractivity contribution in [1.29, 1.82) is 0 Å². The number of aromatic nitrogens is 1. The Morgan fingerprint density at radius 1 is 0.955 bits per heavy atom. The molecule has 1 aliphatic carbocycles. The second-order valence-corrected chi connectivity index (χ2v) is 12.6. The number of amides is 3. The van der Waals surface area contributed by atoms with E-state index in [-0.39, 0.29) is 24.3 Å². The molecule has 44 heavy (non-hydrogen) atoms. The molecule has 10 heteroatoms. The average Bonchev–Trinajstić information content (AvgIpc) is 3.60. The van der Waals surface area contributed by atoms with Gasteiger partial charge in [0, 0.05) is 56.7 Å². The Kier molecular flexibility index (Phi) is 7.95. The summed E-state index contributed by atoms with van der Waals surface area (Å²) in [6.07, 6.45) is 6.36. The minimum atomic E-state index is -0.615. The summed E-state index contributed by atoms with van der Waals surface area (Å²) in [4.78, 5) is 45.7. The number of pyridine rings is 1. The van der Waals surface area contributed by atoms with Crippen molar-refractivity contribution in [1.82, 2.24) is 20.1 Å². The van der Waals surface area contributed by atoms with Crippen molar-refractivity contribution in [2.75, 3.05) is 25.5 Å². The summed E-state index contributed by atoms with van der Waals surface area (Å²) >= 11 is 0.